The summed E-state index contributed by atoms with van der Waals surface area (Å²) in [6, 6.07) is 15.1. The highest BCUT2D eigenvalue weighted by Gasteiger charge is 2.41. The quantitative estimate of drug-likeness (QED) is 0.422. The van der Waals surface area contributed by atoms with Crippen molar-refractivity contribution in [3.05, 3.63) is 91.7 Å². The zero-order valence-corrected chi connectivity index (χ0v) is 21.3. The van der Waals surface area contributed by atoms with E-state index >= 15 is 0 Å². The SMILES string of the molecule is O=c1[nH]c(=O)n([C@H]2C[C@H](O)[C@@H](CO[P@@]3(=O)OCc4cccc(-c5ccccc5)c4O3)O2)cc1/C=C/Br. The number of phosphoric acid groups is 1. The van der Waals surface area contributed by atoms with Crippen LogP contribution >= 0.6 is 23.8 Å². The Balaban J connectivity index is 1.30. The highest BCUT2D eigenvalue weighted by Crippen LogP contribution is 2.56. The highest BCUT2D eigenvalue weighted by atomic mass is 79.9. The molecule has 2 N–H and O–H groups in total. The van der Waals surface area contributed by atoms with Gasteiger partial charge < -0.3 is 14.4 Å². The number of hydrogen-bond acceptors (Lipinski definition) is 8. The van der Waals surface area contributed by atoms with E-state index in [9.17, 15) is 19.3 Å². The minimum Gasteiger partial charge on any atom is -0.403 e. The number of aromatic amines is 1. The predicted molar refractivity (Wildman–Crippen MR) is 135 cm³/mol. The highest BCUT2D eigenvalue weighted by molar-refractivity contribution is 9.11. The Morgan fingerprint density at radius 3 is 2.78 bits per heavy atom. The summed E-state index contributed by atoms with van der Waals surface area (Å²) in [6.45, 7) is -0.273. The van der Waals surface area contributed by atoms with Gasteiger partial charge in [-0.15, -0.1) is 0 Å². The lowest BCUT2D eigenvalue weighted by atomic mass is 10.0. The monoisotopic (exact) mass is 576 g/mol. The first-order valence-electron chi connectivity index (χ1n) is 11.1. The summed E-state index contributed by atoms with van der Waals surface area (Å²) < 4.78 is 37.0. The molecule has 2 aliphatic rings. The van der Waals surface area contributed by atoms with Crippen molar-refractivity contribution in [2.45, 2.75) is 31.5 Å². The predicted octanol–water partition coefficient (Wildman–Crippen LogP) is 3.95. The number of benzene rings is 2. The third kappa shape index (κ3) is 5.04. The van der Waals surface area contributed by atoms with Crippen LogP contribution in [0.4, 0.5) is 0 Å². The zero-order valence-electron chi connectivity index (χ0n) is 18.8. The third-order valence-corrected chi connectivity index (χ3v) is 7.49. The molecule has 5 rings (SSSR count). The maximum absolute atomic E-state index is 13.3. The lowest BCUT2D eigenvalue weighted by molar-refractivity contribution is -0.0468. The number of para-hydroxylation sites is 1. The Kier molecular flexibility index (Phi) is 7.11. The average Bonchev–Trinajstić information content (AvgIpc) is 3.25. The molecule has 2 aromatic carbocycles. The summed E-state index contributed by atoms with van der Waals surface area (Å²) in [4.78, 5) is 27.9. The first-order valence-corrected chi connectivity index (χ1v) is 13.5. The summed E-state index contributed by atoms with van der Waals surface area (Å²) in [5, 5.41) is 10.5. The fraction of sp³-hybridized carbons (Fsp3) is 0.250. The van der Waals surface area contributed by atoms with Crippen molar-refractivity contribution in [2.24, 2.45) is 0 Å². The molecule has 0 unspecified atom stereocenters. The second-order valence-electron chi connectivity index (χ2n) is 8.24. The number of aromatic nitrogens is 2. The van der Waals surface area contributed by atoms with Crippen molar-refractivity contribution in [1.29, 1.82) is 0 Å². The lowest BCUT2D eigenvalue weighted by Crippen LogP contribution is -2.33. The number of halogens is 1. The molecule has 10 nitrogen and oxygen atoms in total. The van der Waals surface area contributed by atoms with Gasteiger partial charge in [-0.1, -0.05) is 64.5 Å². The summed E-state index contributed by atoms with van der Waals surface area (Å²) in [5.74, 6) is 0.413. The van der Waals surface area contributed by atoms with Gasteiger partial charge in [0.15, 0.2) is 0 Å². The molecule has 0 amide bonds. The van der Waals surface area contributed by atoms with Crippen LogP contribution in [0, 0.1) is 0 Å². The number of nitrogens with zero attached hydrogens (tertiary/aromatic N) is 1. The molecule has 1 saturated heterocycles. The van der Waals surface area contributed by atoms with E-state index in [2.05, 4.69) is 20.9 Å². The molecular weight excluding hydrogens is 555 g/mol. The fourth-order valence-corrected chi connectivity index (χ4v) is 5.63. The van der Waals surface area contributed by atoms with Gasteiger partial charge in [0.25, 0.3) is 5.56 Å². The van der Waals surface area contributed by atoms with Gasteiger partial charge in [-0.25, -0.2) is 9.36 Å². The Labute approximate surface area is 213 Å². The summed E-state index contributed by atoms with van der Waals surface area (Å²) >= 11 is 3.10. The van der Waals surface area contributed by atoms with E-state index in [0.717, 1.165) is 16.7 Å². The third-order valence-electron chi connectivity index (χ3n) is 5.91. The van der Waals surface area contributed by atoms with Gasteiger partial charge in [0.2, 0.25) is 0 Å². The molecular formula is C24H22BrN2O8P. The Morgan fingerprint density at radius 2 is 2.00 bits per heavy atom. The van der Waals surface area contributed by atoms with Gasteiger partial charge >= 0.3 is 13.5 Å². The van der Waals surface area contributed by atoms with Crippen LogP contribution in [-0.4, -0.2) is 33.5 Å². The van der Waals surface area contributed by atoms with Gasteiger partial charge in [0.05, 0.1) is 24.9 Å². The maximum atomic E-state index is 13.3. The van der Waals surface area contributed by atoms with E-state index in [1.165, 1.54) is 21.8 Å². The van der Waals surface area contributed by atoms with E-state index in [1.807, 2.05) is 48.5 Å². The number of rotatable bonds is 6. The molecule has 12 heteroatoms. The smallest absolute Gasteiger partial charge is 0.403 e. The van der Waals surface area contributed by atoms with Crippen LogP contribution in [-0.2, 0) is 25.0 Å². The molecule has 1 fully saturated rings. The second kappa shape index (κ2) is 10.3. The molecule has 3 heterocycles. The number of aliphatic hydroxyl groups is 1. The zero-order chi connectivity index (χ0) is 25.3. The van der Waals surface area contributed by atoms with Crippen molar-refractivity contribution in [3.8, 4) is 16.9 Å². The molecule has 1 aromatic heterocycles. The summed E-state index contributed by atoms with van der Waals surface area (Å²) in [6.07, 6.45) is 0.0908. The van der Waals surface area contributed by atoms with Crippen LogP contribution in [0.25, 0.3) is 17.2 Å². The molecule has 3 aromatic rings. The minimum absolute atomic E-state index is 0.0284. The van der Waals surface area contributed by atoms with Crippen LogP contribution in [0.15, 0.2) is 69.3 Å². The lowest BCUT2D eigenvalue weighted by Gasteiger charge is -2.27. The molecule has 0 spiro atoms. The molecule has 0 bridgehead atoms. The topological polar surface area (TPSA) is 129 Å². The van der Waals surface area contributed by atoms with E-state index in [-0.39, 0.29) is 25.2 Å². The number of fused-ring (bicyclic) bond motifs is 1. The average molecular weight is 577 g/mol. The molecule has 0 radical (unpaired) electrons. The minimum atomic E-state index is -4.02. The number of ether oxygens (including phenoxy) is 1. The van der Waals surface area contributed by atoms with E-state index in [0.29, 0.717) is 5.75 Å². The van der Waals surface area contributed by atoms with Crippen LogP contribution in [0.5, 0.6) is 5.75 Å². The fourth-order valence-electron chi connectivity index (χ4n) is 4.10. The Hall–Kier alpha value is -2.79. The normalized spacial score (nSPS) is 25.6. The molecule has 2 aliphatic heterocycles. The summed E-state index contributed by atoms with van der Waals surface area (Å²) in [5.41, 5.74) is 1.37. The van der Waals surface area contributed by atoms with Crippen molar-refractivity contribution in [2.75, 3.05) is 6.61 Å². The first kappa shape index (κ1) is 24.9. The van der Waals surface area contributed by atoms with Crippen molar-refractivity contribution in [3.63, 3.8) is 0 Å². The number of nitrogens with one attached hydrogen (secondary N) is 1. The van der Waals surface area contributed by atoms with Crippen LogP contribution < -0.4 is 15.8 Å². The number of aliphatic hydroxyl groups excluding tert-OH is 1. The Bertz CT molecular complexity index is 1450. The van der Waals surface area contributed by atoms with Crippen molar-refractivity contribution in [1.82, 2.24) is 9.55 Å². The van der Waals surface area contributed by atoms with E-state index in [4.69, 9.17) is 18.3 Å². The van der Waals surface area contributed by atoms with Gasteiger partial charge in [0, 0.05) is 23.7 Å². The number of hydrogen-bond donors (Lipinski definition) is 2. The van der Waals surface area contributed by atoms with E-state index < -0.39 is 37.5 Å². The van der Waals surface area contributed by atoms with Gasteiger partial charge in [-0.05, 0) is 16.6 Å². The standard InChI is InChI=1S/C24H22BrN2O8P/c25-10-9-16-12-27(24(30)26-23(16)29)21-11-19(28)20(34-21)14-33-36(31)32-13-17-7-4-8-18(22(17)35-36)15-5-2-1-3-6-15/h1-10,12,19-21,28H,11,13-14H2,(H,26,29,30)/b10-9+/t19-,20+,21+,36+/m0/s1. The first-order chi connectivity index (χ1) is 17.4. The molecule has 0 aliphatic carbocycles. The largest absolute Gasteiger partial charge is 0.530 e. The molecule has 0 saturated carbocycles. The number of H-pyrrole nitrogens is 1. The maximum Gasteiger partial charge on any atom is 0.530 e. The number of phosphoric ester groups is 1. The van der Waals surface area contributed by atoms with Crippen molar-refractivity contribution < 1.29 is 28.0 Å². The second-order valence-corrected chi connectivity index (χ2v) is 10.4. The molecule has 36 heavy (non-hydrogen) atoms. The van der Waals surface area contributed by atoms with Crippen LogP contribution in [0.2, 0.25) is 0 Å². The van der Waals surface area contributed by atoms with Crippen LogP contribution in [0.1, 0.15) is 23.8 Å². The van der Waals surface area contributed by atoms with Crippen LogP contribution in [0.3, 0.4) is 0 Å². The van der Waals surface area contributed by atoms with Crippen molar-refractivity contribution >= 4 is 29.8 Å². The summed E-state index contributed by atoms with van der Waals surface area (Å²) in [7, 11) is -4.02. The van der Waals surface area contributed by atoms with E-state index in [1.54, 1.807) is 0 Å². The van der Waals surface area contributed by atoms with Gasteiger partial charge in [-0.2, -0.15) is 0 Å². The van der Waals surface area contributed by atoms with Gasteiger partial charge in [0.1, 0.15) is 18.1 Å². The van der Waals surface area contributed by atoms with Gasteiger partial charge in [-0.3, -0.25) is 23.4 Å². The Morgan fingerprint density at radius 1 is 1.19 bits per heavy atom. The molecule has 4 atom stereocenters. The molecule has 188 valence electrons.